The maximum atomic E-state index is 12.7. The van der Waals surface area contributed by atoms with Crippen molar-refractivity contribution in [2.45, 2.75) is 30.7 Å². The van der Waals surface area contributed by atoms with E-state index in [9.17, 15) is 19.5 Å². The highest BCUT2D eigenvalue weighted by molar-refractivity contribution is 5.90. The Hall–Kier alpha value is -3.53. The van der Waals surface area contributed by atoms with Crippen molar-refractivity contribution in [2.24, 2.45) is 0 Å². The average molecular weight is 456 g/mol. The summed E-state index contributed by atoms with van der Waals surface area (Å²) in [5.41, 5.74) is 0.417. The lowest BCUT2D eigenvalue weighted by molar-refractivity contribution is -0.290. The monoisotopic (exact) mass is 456 g/mol. The van der Waals surface area contributed by atoms with Gasteiger partial charge in [0.25, 0.3) is 0 Å². The molecule has 1 heterocycles. The number of carbonyl (C=O) groups excluding carboxylic acids is 3. The van der Waals surface area contributed by atoms with E-state index in [4.69, 9.17) is 18.9 Å². The SMILES string of the molecule is C=CCO[C@H]1O[C@H](C(=O)OC)[C@@H](O)[C@H](OC(=O)c2ccccc2)[C@H]1OC(=O)c1ccccc1. The lowest BCUT2D eigenvalue weighted by atomic mass is 9.98. The summed E-state index contributed by atoms with van der Waals surface area (Å²) in [6.07, 6.45) is -6.11. The number of ether oxygens (including phenoxy) is 5. The molecule has 1 N–H and O–H groups in total. The summed E-state index contributed by atoms with van der Waals surface area (Å²) in [6, 6.07) is 16.1. The van der Waals surface area contributed by atoms with Gasteiger partial charge in [0.15, 0.2) is 24.6 Å². The van der Waals surface area contributed by atoms with E-state index in [0.29, 0.717) is 0 Å². The van der Waals surface area contributed by atoms with Gasteiger partial charge in [-0.25, -0.2) is 14.4 Å². The van der Waals surface area contributed by atoms with Gasteiger partial charge in [0.2, 0.25) is 0 Å². The van der Waals surface area contributed by atoms with Crippen molar-refractivity contribution in [3.63, 3.8) is 0 Å². The van der Waals surface area contributed by atoms with Gasteiger partial charge < -0.3 is 28.8 Å². The van der Waals surface area contributed by atoms with Gasteiger partial charge in [0.1, 0.15) is 6.10 Å². The fourth-order valence-corrected chi connectivity index (χ4v) is 3.22. The second-order valence-electron chi connectivity index (χ2n) is 7.03. The zero-order valence-corrected chi connectivity index (χ0v) is 17.9. The normalized spacial score (nSPS) is 24.4. The molecule has 0 bridgehead atoms. The Labute approximate surface area is 190 Å². The number of esters is 3. The molecular formula is C24H24O9. The standard InChI is InChI=1S/C24H24O9/c1-3-14-30-24-20(32-22(27)16-12-8-5-9-13-16)18(17(25)19(33-24)23(28)29-2)31-21(26)15-10-6-4-7-11-15/h3-13,17-20,24-25H,1,14H2,2H3/t17-,18-,19-,20+,24-/m0/s1. The number of aliphatic hydroxyl groups is 1. The Kier molecular flexibility index (Phi) is 8.31. The second kappa shape index (κ2) is 11.4. The average Bonchev–Trinajstić information content (AvgIpc) is 2.86. The maximum absolute atomic E-state index is 12.7. The van der Waals surface area contributed by atoms with Crippen LogP contribution in [0, 0.1) is 0 Å². The van der Waals surface area contributed by atoms with E-state index in [1.807, 2.05) is 0 Å². The van der Waals surface area contributed by atoms with E-state index in [1.165, 1.54) is 30.3 Å². The molecule has 5 atom stereocenters. The quantitative estimate of drug-likeness (QED) is 0.361. The predicted octanol–water partition coefficient (Wildman–Crippen LogP) is 1.90. The van der Waals surface area contributed by atoms with Crippen LogP contribution in [0.1, 0.15) is 20.7 Å². The van der Waals surface area contributed by atoms with Gasteiger partial charge in [-0.3, -0.25) is 0 Å². The highest BCUT2D eigenvalue weighted by Crippen LogP contribution is 2.29. The van der Waals surface area contributed by atoms with Crippen LogP contribution in [0.3, 0.4) is 0 Å². The Morgan fingerprint density at radius 1 is 0.939 bits per heavy atom. The van der Waals surface area contributed by atoms with Crippen LogP contribution in [0.4, 0.5) is 0 Å². The molecule has 0 aromatic heterocycles. The smallest absolute Gasteiger partial charge is 0.338 e. The largest absolute Gasteiger partial charge is 0.467 e. The molecular weight excluding hydrogens is 432 g/mol. The molecule has 1 aliphatic rings. The van der Waals surface area contributed by atoms with E-state index >= 15 is 0 Å². The van der Waals surface area contributed by atoms with E-state index < -0.39 is 48.6 Å². The van der Waals surface area contributed by atoms with Gasteiger partial charge in [0, 0.05) is 0 Å². The Bertz CT molecular complexity index is 960. The number of hydrogen-bond donors (Lipinski definition) is 1. The number of benzene rings is 2. The molecule has 33 heavy (non-hydrogen) atoms. The van der Waals surface area contributed by atoms with Crippen LogP contribution >= 0.6 is 0 Å². The first-order valence-corrected chi connectivity index (χ1v) is 10.1. The maximum Gasteiger partial charge on any atom is 0.338 e. The summed E-state index contributed by atoms with van der Waals surface area (Å²) in [7, 11) is 1.12. The van der Waals surface area contributed by atoms with Crippen LogP contribution < -0.4 is 0 Å². The Morgan fingerprint density at radius 3 is 1.94 bits per heavy atom. The molecule has 2 aromatic carbocycles. The van der Waals surface area contributed by atoms with Gasteiger partial charge in [-0.1, -0.05) is 42.5 Å². The summed E-state index contributed by atoms with van der Waals surface area (Å²) < 4.78 is 26.9. The number of rotatable bonds is 8. The van der Waals surface area contributed by atoms with Gasteiger partial charge in [-0.05, 0) is 24.3 Å². The van der Waals surface area contributed by atoms with E-state index in [2.05, 4.69) is 11.3 Å². The number of hydrogen-bond acceptors (Lipinski definition) is 9. The third-order valence-corrected chi connectivity index (χ3v) is 4.84. The third kappa shape index (κ3) is 5.83. The molecule has 0 amide bonds. The van der Waals surface area contributed by atoms with Crippen LogP contribution in [0.25, 0.3) is 0 Å². The van der Waals surface area contributed by atoms with Gasteiger partial charge in [-0.15, -0.1) is 6.58 Å². The molecule has 174 valence electrons. The first-order chi connectivity index (χ1) is 16.0. The predicted molar refractivity (Wildman–Crippen MR) is 114 cm³/mol. The zero-order chi connectivity index (χ0) is 23.8. The minimum atomic E-state index is -1.71. The summed E-state index contributed by atoms with van der Waals surface area (Å²) in [4.78, 5) is 37.7. The highest BCUT2D eigenvalue weighted by atomic mass is 16.7. The molecule has 0 saturated carbocycles. The molecule has 9 nitrogen and oxygen atoms in total. The number of carbonyl (C=O) groups is 3. The molecule has 1 aliphatic heterocycles. The Morgan fingerprint density at radius 2 is 1.45 bits per heavy atom. The molecule has 0 unspecified atom stereocenters. The molecule has 1 fully saturated rings. The van der Waals surface area contributed by atoms with Crippen molar-refractivity contribution in [3.8, 4) is 0 Å². The molecule has 0 spiro atoms. The minimum absolute atomic E-state index is 0.0343. The fraction of sp³-hybridized carbons (Fsp3) is 0.292. The van der Waals surface area contributed by atoms with Gasteiger partial charge in [0.05, 0.1) is 24.8 Å². The fourth-order valence-electron chi connectivity index (χ4n) is 3.22. The van der Waals surface area contributed by atoms with E-state index in [0.717, 1.165) is 7.11 Å². The van der Waals surface area contributed by atoms with Crippen molar-refractivity contribution >= 4 is 17.9 Å². The number of methoxy groups -OCH3 is 1. The molecule has 1 saturated heterocycles. The van der Waals surface area contributed by atoms with Gasteiger partial charge >= 0.3 is 17.9 Å². The Balaban J connectivity index is 1.94. The van der Waals surface area contributed by atoms with E-state index in [-0.39, 0.29) is 17.7 Å². The summed E-state index contributed by atoms with van der Waals surface area (Å²) >= 11 is 0. The van der Waals surface area contributed by atoms with Crippen molar-refractivity contribution < 1.29 is 43.2 Å². The lowest BCUT2D eigenvalue weighted by Crippen LogP contribution is -2.63. The van der Waals surface area contributed by atoms with Crippen molar-refractivity contribution in [1.29, 1.82) is 0 Å². The molecule has 2 aromatic rings. The summed E-state index contributed by atoms with van der Waals surface area (Å²) in [6.45, 7) is 3.52. The first-order valence-electron chi connectivity index (χ1n) is 10.1. The van der Waals surface area contributed by atoms with Crippen LogP contribution in [-0.2, 0) is 28.5 Å². The number of aliphatic hydroxyl groups excluding tert-OH is 1. The highest BCUT2D eigenvalue weighted by Gasteiger charge is 2.53. The molecule has 9 heteroatoms. The molecule has 3 rings (SSSR count). The topological polar surface area (TPSA) is 118 Å². The van der Waals surface area contributed by atoms with Crippen molar-refractivity contribution in [2.75, 3.05) is 13.7 Å². The first kappa shape index (κ1) is 24.1. The third-order valence-electron chi connectivity index (χ3n) is 4.84. The van der Waals surface area contributed by atoms with Crippen LogP contribution in [0.5, 0.6) is 0 Å². The van der Waals surface area contributed by atoms with Crippen LogP contribution in [0.2, 0.25) is 0 Å². The second-order valence-corrected chi connectivity index (χ2v) is 7.03. The summed E-state index contributed by atoms with van der Waals surface area (Å²) in [5.74, 6) is -2.47. The zero-order valence-electron chi connectivity index (χ0n) is 17.9. The van der Waals surface area contributed by atoms with Crippen LogP contribution in [-0.4, -0.2) is 67.4 Å². The van der Waals surface area contributed by atoms with Gasteiger partial charge in [-0.2, -0.15) is 0 Å². The van der Waals surface area contributed by atoms with E-state index in [1.54, 1.807) is 36.4 Å². The molecule has 0 aliphatic carbocycles. The summed E-state index contributed by atoms with van der Waals surface area (Å²) in [5, 5.41) is 10.9. The lowest BCUT2D eigenvalue weighted by Gasteiger charge is -2.42. The van der Waals surface area contributed by atoms with Crippen molar-refractivity contribution in [1.82, 2.24) is 0 Å². The van der Waals surface area contributed by atoms with Crippen molar-refractivity contribution in [3.05, 3.63) is 84.4 Å². The molecule has 0 radical (unpaired) electrons. The minimum Gasteiger partial charge on any atom is -0.467 e. The van der Waals surface area contributed by atoms with Crippen LogP contribution in [0.15, 0.2) is 73.3 Å².